The maximum Gasteiger partial charge on any atom is 0.339 e. The topological polar surface area (TPSA) is 67.2 Å². The van der Waals surface area contributed by atoms with Crippen molar-refractivity contribution in [1.82, 2.24) is 0 Å². The molecule has 0 atom stereocenters. The first-order valence-electron chi connectivity index (χ1n) is 6.94. The fourth-order valence-electron chi connectivity index (χ4n) is 2.28. The van der Waals surface area contributed by atoms with Gasteiger partial charge in [-0.15, -0.1) is 0 Å². The molecule has 0 amide bonds. The average Bonchev–Trinajstić information content (AvgIpc) is 2.55. The van der Waals surface area contributed by atoms with Crippen LogP contribution in [0.15, 0.2) is 65.6 Å². The van der Waals surface area contributed by atoms with Gasteiger partial charge >= 0.3 is 10.1 Å². The van der Waals surface area contributed by atoms with E-state index in [0.717, 1.165) is 10.9 Å². The van der Waals surface area contributed by atoms with Gasteiger partial charge in [0, 0.05) is 5.39 Å². The van der Waals surface area contributed by atoms with Gasteiger partial charge in [-0.1, -0.05) is 48.0 Å². The lowest BCUT2D eigenvalue weighted by Gasteiger charge is -2.11. The lowest BCUT2D eigenvalue weighted by molar-refractivity contribution is 0.488. The maximum absolute atomic E-state index is 12.5. The van der Waals surface area contributed by atoms with Gasteiger partial charge in [0.25, 0.3) is 0 Å². The summed E-state index contributed by atoms with van der Waals surface area (Å²) < 4.78 is 30.3. The molecule has 0 spiro atoms. The molecule has 5 heteroatoms. The third kappa shape index (κ3) is 2.89. The SMILES string of the molecule is Cc1ccc(S(=O)(=O)Oc2c(C#N)ccc3ccccc23)cc1. The first kappa shape index (κ1) is 15.1. The van der Waals surface area contributed by atoms with Crippen molar-refractivity contribution in [3.05, 3.63) is 71.8 Å². The lowest BCUT2D eigenvalue weighted by Crippen LogP contribution is -2.11. The number of nitriles is 1. The van der Waals surface area contributed by atoms with E-state index in [-0.39, 0.29) is 16.2 Å². The minimum Gasteiger partial charge on any atom is -0.377 e. The molecule has 114 valence electrons. The van der Waals surface area contributed by atoms with Gasteiger partial charge in [-0.3, -0.25) is 0 Å². The van der Waals surface area contributed by atoms with E-state index in [0.29, 0.717) is 5.39 Å². The van der Waals surface area contributed by atoms with E-state index in [9.17, 15) is 13.7 Å². The number of rotatable bonds is 3. The molecule has 23 heavy (non-hydrogen) atoms. The zero-order chi connectivity index (χ0) is 16.4. The summed E-state index contributed by atoms with van der Waals surface area (Å²) in [4.78, 5) is 0.0555. The lowest BCUT2D eigenvalue weighted by atomic mass is 10.1. The number of hydrogen-bond acceptors (Lipinski definition) is 4. The molecule has 0 saturated heterocycles. The molecule has 0 N–H and O–H groups in total. The molecule has 3 aromatic carbocycles. The van der Waals surface area contributed by atoms with Gasteiger partial charge < -0.3 is 4.18 Å². The molecule has 3 rings (SSSR count). The number of hydrogen-bond donors (Lipinski definition) is 0. The van der Waals surface area contributed by atoms with Crippen molar-refractivity contribution < 1.29 is 12.6 Å². The fraction of sp³-hybridized carbons (Fsp3) is 0.0556. The van der Waals surface area contributed by atoms with Crippen LogP contribution in [0, 0.1) is 18.3 Å². The van der Waals surface area contributed by atoms with Crippen LogP contribution in [0.25, 0.3) is 10.8 Å². The van der Waals surface area contributed by atoms with Crippen molar-refractivity contribution in [2.24, 2.45) is 0 Å². The van der Waals surface area contributed by atoms with Crippen molar-refractivity contribution in [3.8, 4) is 11.8 Å². The van der Waals surface area contributed by atoms with Crippen LogP contribution in [0.1, 0.15) is 11.1 Å². The Bertz CT molecular complexity index is 1020. The molecule has 0 saturated carbocycles. The van der Waals surface area contributed by atoms with Crippen LogP contribution in [0.2, 0.25) is 0 Å². The van der Waals surface area contributed by atoms with Crippen molar-refractivity contribution in [1.29, 1.82) is 5.26 Å². The van der Waals surface area contributed by atoms with Crippen LogP contribution in [-0.2, 0) is 10.1 Å². The zero-order valence-electron chi connectivity index (χ0n) is 12.4. The van der Waals surface area contributed by atoms with Crippen LogP contribution in [0.4, 0.5) is 0 Å². The highest BCUT2D eigenvalue weighted by atomic mass is 32.2. The molecule has 0 unspecified atom stereocenters. The predicted octanol–water partition coefficient (Wildman–Crippen LogP) is 3.79. The van der Waals surface area contributed by atoms with Crippen LogP contribution < -0.4 is 4.18 Å². The Morgan fingerprint density at radius 2 is 1.65 bits per heavy atom. The van der Waals surface area contributed by atoms with Crippen molar-refractivity contribution in [2.45, 2.75) is 11.8 Å². The maximum atomic E-state index is 12.5. The summed E-state index contributed by atoms with van der Waals surface area (Å²) in [7, 11) is -4.01. The Hall–Kier alpha value is -2.84. The minimum absolute atomic E-state index is 0.0555. The third-order valence-electron chi connectivity index (χ3n) is 3.50. The van der Waals surface area contributed by atoms with E-state index in [4.69, 9.17) is 4.18 Å². The molecule has 0 fully saturated rings. The standard InChI is InChI=1S/C18H13NO3S/c1-13-6-10-16(11-7-13)23(20,21)22-18-15(12-19)9-8-14-4-2-3-5-17(14)18/h2-11H,1H3. The summed E-state index contributed by atoms with van der Waals surface area (Å²) in [6.45, 7) is 1.87. The summed E-state index contributed by atoms with van der Waals surface area (Å²) >= 11 is 0. The van der Waals surface area contributed by atoms with Gasteiger partial charge in [0.15, 0.2) is 5.75 Å². The summed E-state index contributed by atoms with van der Waals surface area (Å²) in [6.07, 6.45) is 0. The van der Waals surface area contributed by atoms with Crippen LogP contribution in [0.3, 0.4) is 0 Å². The summed E-state index contributed by atoms with van der Waals surface area (Å²) in [5, 5.41) is 10.6. The average molecular weight is 323 g/mol. The Balaban J connectivity index is 2.14. The molecule has 0 heterocycles. The van der Waals surface area contributed by atoms with Crippen molar-refractivity contribution in [3.63, 3.8) is 0 Å². The molecule has 4 nitrogen and oxygen atoms in total. The number of nitrogens with zero attached hydrogens (tertiary/aromatic N) is 1. The second kappa shape index (κ2) is 5.75. The highest BCUT2D eigenvalue weighted by Crippen LogP contribution is 2.31. The predicted molar refractivity (Wildman–Crippen MR) is 87.7 cm³/mol. The summed E-state index contributed by atoms with van der Waals surface area (Å²) in [5.74, 6) is 0.0613. The second-order valence-electron chi connectivity index (χ2n) is 5.13. The van der Waals surface area contributed by atoms with E-state index in [1.54, 1.807) is 36.4 Å². The van der Waals surface area contributed by atoms with Crippen LogP contribution >= 0.6 is 0 Å². The summed E-state index contributed by atoms with van der Waals surface area (Å²) in [6, 6.07) is 18.9. The summed E-state index contributed by atoms with van der Waals surface area (Å²) in [5.41, 5.74) is 1.13. The van der Waals surface area contributed by atoms with Gasteiger partial charge in [0.2, 0.25) is 0 Å². The zero-order valence-corrected chi connectivity index (χ0v) is 13.2. The Morgan fingerprint density at radius 1 is 0.957 bits per heavy atom. The Morgan fingerprint density at radius 3 is 2.35 bits per heavy atom. The molecule has 0 bridgehead atoms. The molecule has 0 aliphatic carbocycles. The van der Waals surface area contributed by atoms with Crippen molar-refractivity contribution >= 4 is 20.9 Å². The molecule has 0 aromatic heterocycles. The van der Waals surface area contributed by atoms with Crippen LogP contribution in [0.5, 0.6) is 5.75 Å². The molecule has 3 aromatic rings. The number of fused-ring (bicyclic) bond motifs is 1. The first-order valence-corrected chi connectivity index (χ1v) is 8.35. The highest BCUT2D eigenvalue weighted by Gasteiger charge is 2.20. The molecule has 0 aliphatic rings. The molecular formula is C18H13NO3S. The van der Waals surface area contributed by atoms with E-state index >= 15 is 0 Å². The normalized spacial score (nSPS) is 11.1. The van der Waals surface area contributed by atoms with Gasteiger partial charge in [-0.05, 0) is 30.5 Å². The first-order chi connectivity index (χ1) is 11.0. The Kier molecular flexibility index (Phi) is 3.77. The van der Waals surface area contributed by atoms with E-state index in [2.05, 4.69) is 0 Å². The van der Waals surface area contributed by atoms with Crippen LogP contribution in [-0.4, -0.2) is 8.42 Å². The monoisotopic (exact) mass is 323 g/mol. The Labute approximate surface area is 134 Å². The fourth-order valence-corrected chi connectivity index (χ4v) is 3.25. The largest absolute Gasteiger partial charge is 0.377 e. The second-order valence-corrected chi connectivity index (χ2v) is 6.67. The molecule has 0 aliphatic heterocycles. The van der Waals surface area contributed by atoms with Crippen molar-refractivity contribution in [2.75, 3.05) is 0 Å². The van der Waals surface area contributed by atoms with Gasteiger partial charge in [0.1, 0.15) is 11.0 Å². The highest BCUT2D eigenvalue weighted by molar-refractivity contribution is 7.87. The smallest absolute Gasteiger partial charge is 0.339 e. The quantitative estimate of drug-likeness (QED) is 0.688. The minimum atomic E-state index is -4.01. The van der Waals surface area contributed by atoms with Gasteiger partial charge in [0.05, 0.1) is 5.56 Å². The van der Waals surface area contributed by atoms with Gasteiger partial charge in [-0.25, -0.2) is 0 Å². The van der Waals surface area contributed by atoms with E-state index in [1.807, 2.05) is 25.1 Å². The van der Waals surface area contributed by atoms with E-state index < -0.39 is 10.1 Å². The molecular weight excluding hydrogens is 310 g/mol. The third-order valence-corrected chi connectivity index (χ3v) is 4.74. The van der Waals surface area contributed by atoms with E-state index in [1.165, 1.54) is 12.1 Å². The molecule has 0 radical (unpaired) electrons. The number of aryl methyl sites for hydroxylation is 1. The number of benzene rings is 3. The van der Waals surface area contributed by atoms with Gasteiger partial charge in [-0.2, -0.15) is 13.7 Å².